The molecule has 3 heteroatoms. The fourth-order valence-corrected chi connectivity index (χ4v) is 2.88. The van der Waals surface area contributed by atoms with E-state index in [2.05, 4.69) is 50.0 Å². The van der Waals surface area contributed by atoms with Crippen molar-refractivity contribution >= 4 is 0 Å². The molecule has 0 aliphatic carbocycles. The summed E-state index contributed by atoms with van der Waals surface area (Å²) in [6, 6.07) is 4.24. The van der Waals surface area contributed by atoms with Crippen molar-refractivity contribution in [1.29, 1.82) is 0 Å². The van der Waals surface area contributed by atoms with E-state index in [0.29, 0.717) is 0 Å². The summed E-state index contributed by atoms with van der Waals surface area (Å²) in [5, 5.41) is 3.46. The first kappa shape index (κ1) is 15.6. The summed E-state index contributed by atoms with van der Waals surface area (Å²) in [6.45, 7) is 13.0. The molecule has 1 saturated heterocycles. The van der Waals surface area contributed by atoms with E-state index in [9.17, 15) is 0 Å². The summed E-state index contributed by atoms with van der Waals surface area (Å²) in [4.78, 5) is 2.53. The van der Waals surface area contributed by atoms with Gasteiger partial charge in [0.25, 0.3) is 0 Å². The molecule has 0 amide bonds. The second-order valence-electron chi connectivity index (χ2n) is 7.15. The van der Waals surface area contributed by atoms with E-state index in [1.54, 1.807) is 0 Å². The van der Waals surface area contributed by atoms with Crippen molar-refractivity contribution < 1.29 is 4.42 Å². The van der Waals surface area contributed by atoms with E-state index >= 15 is 0 Å². The summed E-state index contributed by atoms with van der Waals surface area (Å²) < 4.78 is 5.93. The maximum Gasteiger partial charge on any atom is 0.118 e. The van der Waals surface area contributed by atoms with Crippen LogP contribution < -0.4 is 5.32 Å². The molecule has 1 aliphatic heterocycles. The smallest absolute Gasteiger partial charge is 0.118 e. The van der Waals surface area contributed by atoms with Gasteiger partial charge in [0.05, 0.1) is 13.1 Å². The van der Waals surface area contributed by atoms with Crippen molar-refractivity contribution in [2.45, 2.75) is 65.6 Å². The Balaban J connectivity index is 1.78. The maximum atomic E-state index is 5.93. The van der Waals surface area contributed by atoms with Crippen LogP contribution in [0.3, 0.4) is 0 Å². The molecule has 0 bridgehead atoms. The zero-order chi connectivity index (χ0) is 14.6. The third-order valence-electron chi connectivity index (χ3n) is 3.96. The summed E-state index contributed by atoms with van der Waals surface area (Å²) in [7, 11) is 0. The molecule has 0 radical (unpaired) electrons. The van der Waals surface area contributed by atoms with Gasteiger partial charge in [-0.3, -0.25) is 4.90 Å². The number of hydrogen-bond donors (Lipinski definition) is 1. The van der Waals surface area contributed by atoms with E-state index in [0.717, 1.165) is 30.5 Å². The number of furan rings is 1. The predicted molar refractivity (Wildman–Crippen MR) is 83.6 cm³/mol. The first-order valence-corrected chi connectivity index (χ1v) is 8.01. The Hall–Kier alpha value is -0.800. The zero-order valence-electron chi connectivity index (χ0n) is 13.5. The lowest BCUT2D eigenvalue weighted by atomic mass is 10.0. The molecule has 20 heavy (non-hydrogen) atoms. The molecule has 1 fully saturated rings. The van der Waals surface area contributed by atoms with Gasteiger partial charge >= 0.3 is 0 Å². The van der Waals surface area contributed by atoms with Gasteiger partial charge in [-0.1, -0.05) is 13.3 Å². The normalized spacial score (nSPS) is 20.7. The maximum absolute atomic E-state index is 5.93. The molecule has 0 spiro atoms. The largest absolute Gasteiger partial charge is 0.463 e. The van der Waals surface area contributed by atoms with Gasteiger partial charge < -0.3 is 9.73 Å². The highest BCUT2D eigenvalue weighted by molar-refractivity contribution is 5.07. The van der Waals surface area contributed by atoms with Crippen LogP contribution in [0.2, 0.25) is 0 Å². The van der Waals surface area contributed by atoms with Gasteiger partial charge in [0, 0.05) is 12.1 Å². The topological polar surface area (TPSA) is 28.4 Å². The lowest BCUT2D eigenvalue weighted by molar-refractivity contribution is 0.277. The molecule has 1 N–H and O–H groups in total. The summed E-state index contributed by atoms with van der Waals surface area (Å²) in [6.07, 6.45) is 4.03. The van der Waals surface area contributed by atoms with Gasteiger partial charge in [-0.2, -0.15) is 0 Å². The van der Waals surface area contributed by atoms with Gasteiger partial charge in [0.2, 0.25) is 0 Å². The summed E-state index contributed by atoms with van der Waals surface area (Å²) in [5.41, 5.74) is 0.134. The van der Waals surface area contributed by atoms with Gasteiger partial charge in [-0.25, -0.2) is 0 Å². The van der Waals surface area contributed by atoms with Crippen LogP contribution in [0.25, 0.3) is 0 Å². The van der Waals surface area contributed by atoms with Crippen LogP contribution >= 0.6 is 0 Å². The predicted octanol–water partition coefficient (Wildman–Crippen LogP) is 3.79. The average molecular weight is 278 g/mol. The molecule has 3 nitrogen and oxygen atoms in total. The van der Waals surface area contributed by atoms with Crippen molar-refractivity contribution in [2.75, 3.05) is 13.1 Å². The van der Waals surface area contributed by atoms with Crippen LogP contribution in [0.5, 0.6) is 0 Å². The highest BCUT2D eigenvalue weighted by Crippen LogP contribution is 2.23. The third kappa shape index (κ3) is 4.95. The Kier molecular flexibility index (Phi) is 5.28. The lowest BCUT2D eigenvalue weighted by Crippen LogP contribution is -2.34. The molecule has 114 valence electrons. The highest BCUT2D eigenvalue weighted by Gasteiger charge is 2.22. The second-order valence-corrected chi connectivity index (χ2v) is 7.15. The lowest BCUT2D eigenvalue weighted by Gasteiger charge is -2.19. The summed E-state index contributed by atoms with van der Waals surface area (Å²) >= 11 is 0. The minimum atomic E-state index is 0.134. The standard InChI is InChI=1S/C17H30N2O/c1-5-6-14-9-10-19(12-14)13-16-8-7-15(20-16)11-18-17(2,3)4/h7-8,14,18H,5-6,9-13H2,1-4H3. The van der Waals surface area contributed by atoms with E-state index < -0.39 is 0 Å². The van der Waals surface area contributed by atoms with Gasteiger partial charge in [-0.05, 0) is 58.2 Å². The molecule has 1 aromatic heterocycles. The van der Waals surface area contributed by atoms with E-state index in [1.165, 1.54) is 32.4 Å². The Morgan fingerprint density at radius 3 is 2.75 bits per heavy atom. The van der Waals surface area contributed by atoms with Crippen molar-refractivity contribution in [1.82, 2.24) is 10.2 Å². The number of nitrogens with one attached hydrogen (secondary N) is 1. The fourth-order valence-electron chi connectivity index (χ4n) is 2.88. The van der Waals surface area contributed by atoms with Crippen molar-refractivity contribution in [2.24, 2.45) is 5.92 Å². The summed E-state index contributed by atoms with van der Waals surface area (Å²) in [5.74, 6) is 3.05. The Morgan fingerprint density at radius 2 is 2.05 bits per heavy atom. The minimum absolute atomic E-state index is 0.134. The van der Waals surface area contributed by atoms with Gasteiger partial charge in [0.15, 0.2) is 0 Å². The van der Waals surface area contributed by atoms with Gasteiger partial charge in [-0.15, -0.1) is 0 Å². The first-order valence-electron chi connectivity index (χ1n) is 8.01. The van der Waals surface area contributed by atoms with Crippen LogP contribution in [0, 0.1) is 5.92 Å². The van der Waals surface area contributed by atoms with Crippen molar-refractivity contribution in [3.8, 4) is 0 Å². The monoisotopic (exact) mass is 278 g/mol. The van der Waals surface area contributed by atoms with Crippen LogP contribution in [0.4, 0.5) is 0 Å². The molecular weight excluding hydrogens is 248 g/mol. The molecule has 1 aliphatic rings. The van der Waals surface area contributed by atoms with Crippen LogP contribution in [0.15, 0.2) is 16.5 Å². The molecule has 1 unspecified atom stereocenters. The van der Waals surface area contributed by atoms with Crippen LogP contribution in [-0.2, 0) is 13.1 Å². The van der Waals surface area contributed by atoms with E-state index in [-0.39, 0.29) is 5.54 Å². The molecule has 1 atom stereocenters. The molecule has 0 saturated carbocycles. The molecule has 2 heterocycles. The number of nitrogens with zero attached hydrogens (tertiary/aromatic N) is 1. The third-order valence-corrected chi connectivity index (χ3v) is 3.96. The van der Waals surface area contributed by atoms with Crippen molar-refractivity contribution in [3.63, 3.8) is 0 Å². The molecule has 1 aromatic rings. The average Bonchev–Trinajstić information content (AvgIpc) is 2.97. The van der Waals surface area contributed by atoms with Crippen LogP contribution in [-0.4, -0.2) is 23.5 Å². The van der Waals surface area contributed by atoms with Crippen LogP contribution in [0.1, 0.15) is 58.5 Å². The van der Waals surface area contributed by atoms with E-state index in [1.807, 2.05) is 0 Å². The fraction of sp³-hybridized carbons (Fsp3) is 0.765. The quantitative estimate of drug-likeness (QED) is 0.858. The molecule has 2 rings (SSSR count). The number of rotatable bonds is 6. The molecule has 0 aromatic carbocycles. The second kappa shape index (κ2) is 6.77. The Morgan fingerprint density at radius 1 is 1.30 bits per heavy atom. The number of hydrogen-bond acceptors (Lipinski definition) is 3. The van der Waals surface area contributed by atoms with Crippen molar-refractivity contribution in [3.05, 3.63) is 23.7 Å². The highest BCUT2D eigenvalue weighted by atomic mass is 16.3. The zero-order valence-corrected chi connectivity index (χ0v) is 13.5. The van der Waals surface area contributed by atoms with E-state index in [4.69, 9.17) is 4.42 Å². The minimum Gasteiger partial charge on any atom is -0.463 e. The number of likely N-dealkylation sites (tertiary alicyclic amines) is 1. The Labute approximate surface area is 123 Å². The first-order chi connectivity index (χ1) is 9.46. The van der Waals surface area contributed by atoms with Gasteiger partial charge in [0.1, 0.15) is 11.5 Å². The SMILES string of the molecule is CCCC1CCN(Cc2ccc(CNC(C)(C)C)o2)C1. The Bertz CT molecular complexity index is 405. The molecular formula is C17H30N2O.